The highest BCUT2D eigenvalue weighted by Crippen LogP contribution is 2.37. The molecule has 0 saturated carbocycles. The lowest BCUT2D eigenvalue weighted by molar-refractivity contribution is 0.556. The van der Waals surface area contributed by atoms with Crippen molar-refractivity contribution in [3.05, 3.63) is 35.7 Å². The molecule has 0 aliphatic heterocycles. The molecule has 3 rings (SSSR count). The Morgan fingerprint density at radius 1 is 0.708 bits per heavy atom. The number of nitrogens with two attached hydrogens (primary N) is 2. The molecule has 4 nitrogen and oxygen atoms in total. The van der Waals surface area contributed by atoms with E-state index < -0.39 is 11.1 Å². The van der Waals surface area contributed by atoms with Gasteiger partial charge in [-0.3, -0.25) is 0 Å². The highest BCUT2D eigenvalue weighted by Gasteiger charge is 2.25. The number of benzene rings is 1. The van der Waals surface area contributed by atoms with Crippen LogP contribution in [0.4, 0.5) is 0 Å². The molecule has 0 radical (unpaired) electrons. The molecular weight excluding hydrogens is 526 g/mol. The molecule has 3 aromatic rings. The summed E-state index contributed by atoms with van der Waals surface area (Å²) in [5.74, 6) is 0. The average Bonchev–Trinajstić information content (AvgIpc) is 3.13. The number of hydrogen-bond acceptors (Lipinski definition) is 2. The molecule has 0 saturated heterocycles. The number of rotatable bonds is 2. The van der Waals surface area contributed by atoms with E-state index in [1.165, 1.54) is 10.8 Å². The Bertz CT molecular complexity index is 721. The zero-order valence-corrected chi connectivity index (χ0v) is 19.5. The lowest BCUT2D eigenvalue weighted by Crippen LogP contribution is -2.29. The van der Waals surface area contributed by atoms with Crippen LogP contribution in [-0.4, -0.2) is 19.8 Å². The maximum absolute atomic E-state index is 6.32. The van der Waals surface area contributed by atoms with E-state index in [1.807, 2.05) is 49.9 Å². The summed E-state index contributed by atoms with van der Waals surface area (Å²) in [6, 6.07) is 4.16. The summed E-state index contributed by atoms with van der Waals surface area (Å²) >= 11 is 4.30. The maximum Gasteiger partial charge on any atom is 0.0465 e. The van der Waals surface area contributed by atoms with Crippen LogP contribution in [0.15, 0.2) is 24.5 Å². The lowest BCUT2D eigenvalue weighted by Gasteiger charge is -2.21. The highest BCUT2D eigenvalue weighted by atomic mass is 127. The van der Waals surface area contributed by atoms with Crippen LogP contribution in [0, 0.1) is 0 Å². The van der Waals surface area contributed by atoms with Gasteiger partial charge in [0.15, 0.2) is 0 Å². The fraction of sp³-hybridized carbons (Fsp3) is 0.444. The largest absolute Gasteiger partial charge is 0.361 e. The predicted molar refractivity (Wildman–Crippen MR) is 124 cm³/mol. The Morgan fingerprint density at radius 3 is 1.25 bits per heavy atom. The topological polar surface area (TPSA) is 83.6 Å². The van der Waals surface area contributed by atoms with Crippen molar-refractivity contribution in [1.29, 1.82) is 0 Å². The molecule has 6 N–H and O–H groups in total. The smallest absolute Gasteiger partial charge is 0.0465 e. The first-order valence-corrected chi connectivity index (χ1v) is 12.0. The predicted octanol–water partition coefficient (Wildman–Crippen LogP) is 5.14. The van der Waals surface area contributed by atoms with Gasteiger partial charge in [0.1, 0.15) is 0 Å². The van der Waals surface area contributed by atoms with Crippen molar-refractivity contribution < 1.29 is 0 Å². The first kappa shape index (κ1) is 21.7. The third-order valence-electron chi connectivity index (χ3n) is 3.88. The first-order chi connectivity index (χ1) is 11.2. The van der Waals surface area contributed by atoms with Crippen molar-refractivity contribution in [1.82, 2.24) is 9.97 Å². The maximum atomic E-state index is 6.32. The van der Waals surface area contributed by atoms with Crippen LogP contribution >= 0.6 is 45.2 Å². The summed E-state index contributed by atoms with van der Waals surface area (Å²) in [7, 11) is 0. The van der Waals surface area contributed by atoms with Crippen molar-refractivity contribution in [3.63, 3.8) is 0 Å². The van der Waals surface area contributed by atoms with Gasteiger partial charge in [-0.25, -0.2) is 0 Å². The summed E-state index contributed by atoms with van der Waals surface area (Å²) in [5.41, 5.74) is 16.3. The molecule has 0 fully saturated rings. The van der Waals surface area contributed by atoms with E-state index >= 15 is 0 Å². The molecule has 0 aliphatic rings. The van der Waals surface area contributed by atoms with E-state index in [0.717, 1.165) is 22.2 Å². The van der Waals surface area contributed by atoms with E-state index in [0.29, 0.717) is 0 Å². The van der Waals surface area contributed by atoms with E-state index in [4.69, 9.17) is 11.5 Å². The average molecular weight is 554 g/mol. The first-order valence-electron chi connectivity index (χ1n) is 7.65. The van der Waals surface area contributed by atoms with Gasteiger partial charge in [-0.1, -0.05) is 45.2 Å². The standard InChI is InChI=1S/C16H22N4.2CH3I/c1-15(2,17)9-7-19-11-5-6-12-14(13(9)11)10(8-20-12)16(3,4)18;2*1-2/h5-8,19-20H,17-18H2,1-4H3;2*1H3. The monoisotopic (exact) mass is 554 g/mol. The van der Waals surface area contributed by atoms with Gasteiger partial charge in [0, 0.05) is 45.3 Å². The van der Waals surface area contributed by atoms with E-state index in [-0.39, 0.29) is 0 Å². The van der Waals surface area contributed by atoms with Crippen LogP contribution in [0.1, 0.15) is 38.8 Å². The minimum atomic E-state index is -0.403. The molecule has 0 spiro atoms. The summed E-state index contributed by atoms with van der Waals surface area (Å²) in [5, 5.41) is 2.34. The molecule has 0 amide bonds. The van der Waals surface area contributed by atoms with Gasteiger partial charge in [-0.05, 0) is 60.8 Å². The Balaban J connectivity index is 0.000000671. The number of fused-ring (bicyclic) bond motifs is 3. The van der Waals surface area contributed by atoms with Gasteiger partial charge in [-0.15, -0.1) is 0 Å². The minimum Gasteiger partial charge on any atom is -0.361 e. The van der Waals surface area contributed by atoms with E-state index in [2.05, 4.69) is 67.3 Å². The third-order valence-corrected chi connectivity index (χ3v) is 3.88. The second-order valence-corrected chi connectivity index (χ2v) is 6.76. The molecule has 2 heterocycles. The molecule has 2 aromatic heterocycles. The van der Waals surface area contributed by atoms with E-state index in [9.17, 15) is 0 Å². The molecule has 134 valence electrons. The number of nitrogens with one attached hydrogen (secondary N) is 2. The normalized spacial score (nSPS) is 11.8. The van der Waals surface area contributed by atoms with Crippen molar-refractivity contribution in [2.24, 2.45) is 11.5 Å². The van der Waals surface area contributed by atoms with Gasteiger partial charge in [-0.2, -0.15) is 0 Å². The number of halogens is 2. The number of hydrogen-bond donors (Lipinski definition) is 4. The SMILES string of the molecule is CC(C)(N)c1c[nH]c2ccc3[nH]cc(C(C)(C)N)c3c12.CI.CI. The van der Waals surface area contributed by atoms with Crippen molar-refractivity contribution in [2.75, 3.05) is 9.86 Å². The van der Waals surface area contributed by atoms with Crippen LogP contribution in [0.5, 0.6) is 0 Å². The van der Waals surface area contributed by atoms with Gasteiger partial charge >= 0.3 is 0 Å². The van der Waals surface area contributed by atoms with Crippen molar-refractivity contribution in [3.8, 4) is 0 Å². The van der Waals surface area contributed by atoms with Crippen molar-refractivity contribution >= 4 is 67.0 Å². The van der Waals surface area contributed by atoms with Gasteiger partial charge in [0.2, 0.25) is 0 Å². The Labute approximate surface area is 171 Å². The fourth-order valence-corrected chi connectivity index (χ4v) is 2.86. The van der Waals surface area contributed by atoms with Crippen molar-refractivity contribution in [2.45, 2.75) is 38.8 Å². The molecule has 24 heavy (non-hydrogen) atoms. The molecule has 0 aliphatic carbocycles. The van der Waals surface area contributed by atoms with Crippen LogP contribution in [0.3, 0.4) is 0 Å². The van der Waals surface area contributed by atoms with Gasteiger partial charge in [0.05, 0.1) is 0 Å². The Kier molecular flexibility index (Phi) is 7.58. The summed E-state index contributed by atoms with van der Waals surface area (Å²) in [6.45, 7) is 8.09. The van der Waals surface area contributed by atoms with Crippen LogP contribution in [-0.2, 0) is 11.1 Å². The third kappa shape index (κ3) is 4.25. The Morgan fingerprint density at radius 2 is 1.00 bits per heavy atom. The fourth-order valence-electron chi connectivity index (χ4n) is 2.86. The molecular formula is C18H28I2N4. The zero-order chi connectivity index (χ0) is 18.7. The highest BCUT2D eigenvalue weighted by molar-refractivity contribution is 14.1. The Hall–Kier alpha value is -0.320. The summed E-state index contributed by atoms with van der Waals surface area (Å²) in [6.07, 6.45) is 4.01. The second kappa shape index (κ2) is 8.37. The second-order valence-electron chi connectivity index (χ2n) is 6.76. The number of aromatic nitrogens is 2. The van der Waals surface area contributed by atoms with Crippen LogP contribution in [0.25, 0.3) is 21.8 Å². The number of aromatic amines is 2. The van der Waals surface area contributed by atoms with Gasteiger partial charge < -0.3 is 21.4 Å². The lowest BCUT2D eigenvalue weighted by atomic mass is 9.89. The molecule has 0 unspecified atom stereocenters. The zero-order valence-electron chi connectivity index (χ0n) is 15.2. The minimum absolute atomic E-state index is 0.403. The molecule has 0 atom stereocenters. The molecule has 0 bridgehead atoms. The molecule has 6 heteroatoms. The molecule has 1 aromatic carbocycles. The van der Waals surface area contributed by atoms with Crippen LogP contribution < -0.4 is 11.5 Å². The summed E-state index contributed by atoms with van der Waals surface area (Å²) in [4.78, 5) is 10.6. The summed E-state index contributed by atoms with van der Waals surface area (Å²) < 4.78 is 0. The van der Waals surface area contributed by atoms with Gasteiger partial charge in [0.25, 0.3) is 0 Å². The number of alkyl halides is 2. The number of H-pyrrole nitrogens is 2. The van der Waals surface area contributed by atoms with E-state index in [1.54, 1.807) is 0 Å². The van der Waals surface area contributed by atoms with Crippen LogP contribution in [0.2, 0.25) is 0 Å². The quantitative estimate of drug-likeness (QED) is 0.262.